The number of benzene rings is 8. The second-order valence-corrected chi connectivity index (χ2v) is 13.8. The molecule has 0 bridgehead atoms. The highest BCUT2D eigenvalue weighted by molar-refractivity contribution is 6.20. The van der Waals surface area contributed by atoms with E-state index >= 15 is 0 Å². The van der Waals surface area contributed by atoms with Crippen LogP contribution in [0.25, 0.3) is 112 Å². The van der Waals surface area contributed by atoms with Crippen molar-refractivity contribution < 1.29 is 8.83 Å². The Bertz CT molecular complexity index is 3170. The van der Waals surface area contributed by atoms with Gasteiger partial charge in [0.1, 0.15) is 16.7 Å². The predicted octanol–water partition coefficient (Wildman–Crippen LogP) is 13.1. The Labute approximate surface area is 321 Å². The van der Waals surface area contributed by atoms with Crippen molar-refractivity contribution in [1.29, 1.82) is 0 Å². The predicted molar refractivity (Wildman–Crippen MR) is 225 cm³/mol. The van der Waals surface area contributed by atoms with Gasteiger partial charge in [0.25, 0.3) is 0 Å². The van der Waals surface area contributed by atoms with E-state index in [1.165, 1.54) is 0 Å². The fourth-order valence-corrected chi connectivity index (χ4v) is 7.70. The normalized spacial score (nSPS) is 11.6. The van der Waals surface area contributed by atoms with Crippen LogP contribution in [0.1, 0.15) is 0 Å². The number of oxazole rings is 1. The van der Waals surface area contributed by atoms with Gasteiger partial charge in [-0.2, -0.15) is 0 Å². The third kappa shape index (κ3) is 5.35. The van der Waals surface area contributed by atoms with Gasteiger partial charge in [-0.05, 0) is 51.7 Å². The zero-order chi connectivity index (χ0) is 37.0. The number of aromatic nitrogens is 4. The number of fused-ring (bicyclic) bond motifs is 5. The molecule has 56 heavy (non-hydrogen) atoms. The molecule has 11 rings (SSSR count). The summed E-state index contributed by atoms with van der Waals surface area (Å²) in [7, 11) is 0. The molecule has 0 saturated heterocycles. The minimum atomic E-state index is 0.574. The van der Waals surface area contributed by atoms with Crippen molar-refractivity contribution >= 4 is 43.8 Å². The molecule has 0 amide bonds. The number of furan rings is 1. The molecule has 262 valence electrons. The maximum atomic E-state index is 6.65. The third-order valence-corrected chi connectivity index (χ3v) is 10.4. The maximum Gasteiger partial charge on any atom is 0.227 e. The summed E-state index contributed by atoms with van der Waals surface area (Å²) in [5.41, 5.74) is 10.9. The summed E-state index contributed by atoms with van der Waals surface area (Å²) in [6.45, 7) is 0. The quantitative estimate of drug-likeness (QED) is 0.170. The molecule has 8 aromatic carbocycles. The van der Waals surface area contributed by atoms with Crippen molar-refractivity contribution in [2.45, 2.75) is 0 Å². The smallest absolute Gasteiger partial charge is 0.227 e. The number of hydrogen-bond acceptors (Lipinski definition) is 6. The Kier molecular flexibility index (Phi) is 7.38. The van der Waals surface area contributed by atoms with Gasteiger partial charge in [0.15, 0.2) is 23.1 Å². The van der Waals surface area contributed by atoms with Crippen LogP contribution in [0.5, 0.6) is 0 Å². The largest absolute Gasteiger partial charge is 0.455 e. The molecule has 0 aliphatic carbocycles. The van der Waals surface area contributed by atoms with Crippen LogP contribution in [-0.4, -0.2) is 19.9 Å². The molecule has 0 spiro atoms. The molecule has 6 nitrogen and oxygen atoms in total. The van der Waals surface area contributed by atoms with Gasteiger partial charge in [0, 0.05) is 33.0 Å². The Morgan fingerprint density at radius 3 is 1.43 bits per heavy atom. The average molecular weight is 719 g/mol. The first-order chi connectivity index (χ1) is 27.7. The van der Waals surface area contributed by atoms with E-state index in [0.717, 1.165) is 82.7 Å². The van der Waals surface area contributed by atoms with E-state index in [1.54, 1.807) is 0 Å². The van der Waals surface area contributed by atoms with Gasteiger partial charge in [0.05, 0.1) is 5.56 Å². The number of para-hydroxylation sites is 1. The molecular formula is C50H30N4O2. The summed E-state index contributed by atoms with van der Waals surface area (Å²) >= 11 is 0. The molecule has 0 N–H and O–H groups in total. The van der Waals surface area contributed by atoms with Gasteiger partial charge in [-0.25, -0.2) is 19.9 Å². The van der Waals surface area contributed by atoms with Crippen molar-refractivity contribution in [3.63, 3.8) is 0 Å². The van der Waals surface area contributed by atoms with Gasteiger partial charge in [-0.15, -0.1) is 0 Å². The second kappa shape index (κ2) is 13.0. The number of nitrogens with zero attached hydrogens (tertiary/aromatic N) is 4. The summed E-state index contributed by atoms with van der Waals surface area (Å²) in [4.78, 5) is 19.7. The fourth-order valence-electron chi connectivity index (χ4n) is 7.70. The van der Waals surface area contributed by atoms with E-state index in [4.69, 9.17) is 28.8 Å². The van der Waals surface area contributed by atoms with Crippen LogP contribution in [0, 0.1) is 0 Å². The highest BCUT2D eigenvalue weighted by Gasteiger charge is 2.23. The Morgan fingerprint density at radius 1 is 0.321 bits per heavy atom. The van der Waals surface area contributed by atoms with Gasteiger partial charge in [-0.3, -0.25) is 0 Å². The van der Waals surface area contributed by atoms with Crippen molar-refractivity contribution in [2.75, 3.05) is 0 Å². The lowest BCUT2D eigenvalue weighted by Crippen LogP contribution is -2.00. The van der Waals surface area contributed by atoms with Crippen LogP contribution in [0.3, 0.4) is 0 Å². The highest BCUT2D eigenvalue weighted by Crippen LogP contribution is 2.45. The molecule has 0 aliphatic heterocycles. The van der Waals surface area contributed by atoms with E-state index < -0.39 is 0 Å². The molecule has 0 atom stereocenters. The molecule has 11 aromatic rings. The standard InChI is InChI=1S/C50H30N4O2/c1-4-14-32(15-5-1)47-52-48(33-16-6-2-7-17-33)54-49(53-47)34-26-24-31(25-27-34)36-28-29-40(38-21-11-10-20-37(36)38)44-45-41(39-22-12-13-23-43(39)55-45)30-42-46(44)56-50(51-42)35-18-8-3-9-19-35/h1-30H. The molecule has 3 heterocycles. The summed E-state index contributed by atoms with van der Waals surface area (Å²) in [5.74, 6) is 2.46. The lowest BCUT2D eigenvalue weighted by molar-refractivity contribution is 0.619. The van der Waals surface area contributed by atoms with Gasteiger partial charge >= 0.3 is 0 Å². The van der Waals surface area contributed by atoms with Crippen LogP contribution in [-0.2, 0) is 0 Å². The number of hydrogen-bond donors (Lipinski definition) is 0. The first-order valence-electron chi connectivity index (χ1n) is 18.6. The van der Waals surface area contributed by atoms with Gasteiger partial charge in [-0.1, -0.05) is 158 Å². The van der Waals surface area contributed by atoms with Crippen LogP contribution in [0.2, 0.25) is 0 Å². The Hall–Kier alpha value is -7.70. The Balaban J connectivity index is 1.06. The minimum absolute atomic E-state index is 0.574. The lowest BCUT2D eigenvalue weighted by Gasteiger charge is -2.13. The summed E-state index contributed by atoms with van der Waals surface area (Å²) < 4.78 is 13.3. The molecule has 6 heteroatoms. The topological polar surface area (TPSA) is 77.8 Å². The van der Waals surface area contributed by atoms with Crippen molar-refractivity contribution in [3.8, 4) is 67.9 Å². The van der Waals surface area contributed by atoms with Crippen LogP contribution < -0.4 is 0 Å². The lowest BCUT2D eigenvalue weighted by atomic mass is 9.91. The van der Waals surface area contributed by atoms with Gasteiger partial charge < -0.3 is 8.83 Å². The van der Waals surface area contributed by atoms with Crippen LogP contribution >= 0.6 is 0 Å². The highest BCUT2D eigenvalue weighted by atomic mass is 16.4. The van der Waals surface area contributed by atoms with E-state index in [0.29, 0.717) is 28.9 Å². The average Bonchev–Trinajstić information content (AvgIpc) is 3.88. The fraction of sp³-hybridized carbons (Fsp3) is 0. The molecular weight excluding hydrogens is 689 g/mol. The summed E-state index contributed by atoms with van der Waals surface area (Å²) in [6, 6.07) is 61.7. The SMILES string of the molecule is c1ccc(-c2nc(-c3ccccc3)nc(-c3ccc(-c4ccc(-c5c6oc(-c7ccccc7)nc6cc6c5oc5ccccc56)c5ccccc45)cc3)n2)cc1. The van der Waals surface area contributed by atoms with E-state index in [9.17, 15) is 0 Å². The summed E-state index contributed by atoms with van der Waals surface area (Å²) in [5, 5.41) is 4.24. The van der Waals surface area contributed by atoms with E-state index in [2.05, 4.69) is 72.8 Å². The second-order valence-electron chi connectivity index (χ2n) is 13.8. The third-order valence-electron chi connectivity index (χ3n) is 10.4. The van der Waals surface area contributed by atoms with Crippen molar-refractivity contribution in [1.82, 2.24) is 19.9 Å². The zero-order valence-corrected chi connectivity index (χ0v) is 29.9. The summed E-state index contributed by atoms with van der Waals surface area (Å²) in [6.07, 6.45) is 0. The molecule has 0 fully saturated rings. The van der Waals surface area contributed by atoms with E-state index in [-0.39, 0.29) is 0 Å². The molecule has 0 unspecified atom stereocenters. The minimum Gasteiger partial charge on any atom is -0.455 e. The van der Waals surface area contributed by atoms with E-state index in [1.807, 2.05) is 109 Å². The molecule has 0 aliphatic rings. The first kappa shape index (κ1) is 31.8. The van der Waals surface area contributed by atoms with Crippen LogP contribution in [0.15, 0.2) is 191 Å². The van der Waals surface area contributed by atoms with Crippen molar-refractivity contribution in [2.24, 2.45) is 0 Å². The zero-order valence-electron chi connectivity index (χ0n) is 29.9. The molecule has 3 aromatic heterocycles. The number of rotatable bonds is 6. The van der Waals surface area contributed by atoms with Crippen LogP contribution in [0.4, 0.5) is 0 Å². The van der Waals surface area contributed by atoms with Gasteiger partial charge in [0.2, 0.25) is 5.89 Å². The maximum absolute atomic E-state index is 6.65. The molecule has 0 radical (unpaired) electrons. The Morgan fingerprint density at radius 2 is 0.804 bits per heavy atom. The van der Waals surface area contributed by atoms with Crippen molar-refractivity contribution in [3.05, 3.63) is 182 Å². The first-order valence-corrected chi connectivity index (χ1v) is 18.6. The molecule has 0 saturated carbocycles. The monoisotopic (exact) mass is 718 g/mol.